The molecule has 0 spiro atoms. The van der Waals surface area contributed by atoms with Crippen LogP contribution in [-0.2, 0) is 6.54 Å². The number of hydrogen-bond donors (Lipinski definition) is 1. The first-order valence-electron chi connectivity index (χ1n) is 7.05. The van der Waals surface area contributed by atoms with Crippen LogP contribution < -0.4 is 10.1 Å². The van der Waals surface area contributed by atoms with Crippen molar-refractivity contribution in [1.29, 1.82) is 5.26 Å². The molecule has 21 heavy (non-hydrogen) atoms. The molecule has 0 saturated heterocycles. The summed E-state index contributed by atoms with van der Waals surface area (Å²) in [5.74, 6) is 0.878. The minimum absolute atomic E-state index is 0.417. The first-order valence-corrected chi connectivity index (χ1v) is 7.05. The monoisotopic (exact) mass is 280 g/mol. The van der Waals surface area contributed by atoms with Crippen molar-refractivity contribution in [3.8, 4) is 22.9 Å². The van der Waals surface area contributed by atoms with E-state index in [0.717, 1.165) is 29.0 Å². The molecule has 0 aliphatic carbocycles. The van der Waals surface area contributed by atoms with Gasteiger partial charge in [-0.3, -0.25) is 0 Å². The number of ether oxygens (including phenoxy) is 1. The summed E-state index contributed by atoms with van der Waals surface area (Å²) in [7, 11) is 1.68. The molecular formula is C18H20N2O. The van der Waals surface area contributed by atoms with Gasteiger partial charge in [0.2, 0.25) is 0 Å². The molecule has 1 N–H and O–H groups in total. The van der Waals surface area contributed by atoms with Crippen molar-refractivity contribution >= 4 is 0 Å². The summed E-state index contributed by atoms with van der Waals surface area (Å²) in [6.07, 6.45) is 0. The minimum atomic E-state index is 0.417. The highest BCUT2D eigenvalue weighted by Crippen LogP contribution is 2.27. The number of methoxy groups -OCH3 is 1. The van der Waals surface area contributed by atoms with Crippen molar-refractivity contribution in [2.75, 3.05) is 7.11 Å². The maximum absolute atomic E-state index is 9.01. The topological polar surface area (TPSA) is 45.0 Å². The summed E-state index contributed by atoms with van der Waals surface area (Å²) in [5.41, 5.74) is 3.92. The summed E-state index contributed by atoms with van der Waals surface area (Å²) in [6.45, 7) is 4.99. The molecule has 0 heterocycles. The zero-order chi connectivity index (χ0) is 15.2. The molecule has 2 aromatic rings. The minimum Gasteiger partial charge on any atom is -0.496 e. The van der Waals surface area contributed by atoms with Gasteiger partial charge in [-0.25, -0.2) is 0 Å². The first kappa shape index (κ1) is 15.1. The van der Waals surface area contributed by atoms with E-state index in [4.69, 9.17) is 10.00 Å². The van der Waals surface area contributed by atoms with Crippen LogP contribution in [0, 0.1) is 11.3 Å². The van der Waals surface area contributed by atoms with Crippen LogP contribution in [0.15, 0.2) is 42.5 Å². The number of nitrogens with zero attached hydrogens (tertiary/aromatic N) is 1. The lowest BCUT2D eigenvalue weighted by molar-refractivity contribution is 0.406. The van der Waals surface area contributed by atoms with Crippen LogP contribution in [0.4, 0.5) is 0 Å². The predicted molar refractivity (Wildman–Crippen MR) is 85.1 cm³/mol. The van der Waals surface area contributed by atoms with Gasteiger partial charge in [0.15, 0.2) is 0 Å². The van der Waals surface area contributed by atoms with Crippen LogP contribution in [-0.4, -0.2) is 13.2 Å². The average molecular weight is 280 g/mol. The Kier molecular flexibility index (Phi) is 4.97. The fourth-order valence-corrected chi connectivity index (χ4v) is 2.18. The van der Waals surface area contributed by atoms with Gasteiger partial charge < -0.3 is 10.1 Å². The van der Waals surface area contributed by atoms with Gasteiger partial charge in [0.1, 0.15) is 5.75 Å². The fraction of sp³-hybridized carbons (Fsp3) is 0.278. The largest absolute Gasteiger partial charge is 0.496 e. The molecule has 0 radical (unpaired) electrons. The van der Waals surface area contributed by atoms with Crippen molar-refractivity contribution < 1.29 is 4.74 Å². The highest BCUT2D eigenvalue weighted by atomic mass is 16.5. The van der Waals surface area contributed by atoms with Gasteiger partial charge in [0.05, 0.1) is 18.7 Å². The van der Waals surface area contributed by atoms with E-state index in [9.17, 15) is 0 Å². The van der Waals surface area contributed by atoms with E-state index in [-0.39, 0.29) is 0 Å². The molecule has 0 aliphatic heterocycles. The van der Waals surface area contributed by atoms with E-state index in [0.29, 0.717) is 11.6 Å². The van der Waals surface area contributed by atoms with Crippen molar-refractivity contribution in [2.24, 2.45) is 0 Å². The molecule has 0 fully saturated rings. The Morgan fingerprint density at radius 3 is 2.57 bits per heavy atom. The van der Waals surface area contributed by atoms with Crippen LogP contribution >= 0.6 is 0 Å². The second-order valence-corrected chi connectivity index (χ2v) is 5.25. The van der Waals surface area contributed by atoms with E-state index in [1.807, 2.05) is 36.4 Å². The molecule has 0 aromatic heterocycles. The van der Waals surface area contributed by atoms with E-state index < -0.39 is 0 Å². The molecule has 0 atom stereocenters. The summed E-state index contributed by atoms with van der Waals surface area (Å²) in [6, 6.07) is 16.4. The quantitative estimate of drug-likeness (QED) is 0.907. The summed E-state index contributed by atoms with van der Waals surface area (Å²) >= 11 is 0. The second kappa shape index (κ2) is 6.92. The summed E-state index contributed by atoms with van der Waals surface area (Å²) in [4.78, 5) is 0. The average Bonchev–Trinajstić information content (AvgIpc) is 2.52. The van der Waals surface area contributed by atoms with Gasteiger partial charge in [0.25, 0.3) is 0 Å². The Bertz CT molecular complexity index is 657. The standard InChI is InChI=1S/C18H20N2O/c1-13(2)20-12-17-10-16(7-8-18(17)21-3)15-6-4-5-14(9-15)11-19/h4-10,13,20H,12H2,1-3H3. The molecule has 3 heteroatoms. The molecule has 0 amide bonds. The zero-order valence-electron chi connectivity index (χ0n) is 12.7. The van der Waals surface area contributed by atoms with Gasteiger partial charge in [-0.2, -0.15) is 5.26 Å². The Balaban J connectivity index is 2.36. The number of nitrogens with one attached hydrogen (secondary N) is 1. The Morgan fingerprint density at radius 1 is 1.14 bits per heavy atom. The third-order valence-electron chi connectivity index (χ3n) is 3.31. The van der Waals surface area contributed by atoms with Crippen LogP contribution in [0.25, 0.3) is 11.1 Å². The van der Waals surface area contributed by atoms with Gasteiger partial charge in [-0.1, -0.05) is 32.0 Å². The predicted octanol–water partition coefficient (Wildman–Crippen LogP) is 3.73. The highest BCUT2D eigenvalue weighted by Gasteiger charge is 2.07. The molecule has 0 unspecified atom stereocenters. The summed E-state index contributed by atoms with van der Waals surface area (Å²) in [5, 5.41) is 12.4. The molecule has 0 aliphatic rings. The molecule has 2 aromatic carbocycles. The van der Waals surface area contributed by atoms with Crippen molar-refractivity contribution in [3.05, 3.63) is 53.6 Å². The number of rotatable bonds is 5. The van der Waals surface area contributed by atoms with Gasteiger partial charge in [-0.05, 0) is 35.4 Å². The van der Waals surface area contributed by atoms with Crippen molar-refractivity contribution in [2.45, 2.75) is 26.4 Å². The second-order valence-electron chi connectivity index (χ2n) is 5.25. The normalized spacial score (nSPS) is 10.4. The molecule has 0 saturated carbocycles. The number of hydrogen-bond acceptors (Lipinski definition) is 3. The lowest BCUT2D eigenvalue weighted by Gasteiger charge is -2.13. The van der Waals surface area contributed by atoms with Crippen LogP contribution in [0.5, 0.6) is 5.75 Å². The summed E-state index contributed by atoms with van der Waals surface area (Å²) < 4.78 is 5.42. The zero-order valence-corrected chi connectivity index (χ0v) is 12.7. The van der Waals surface area contributed by atoms with Crippen LogP contribution in [0.3, 0.4) is 0 Å². The van der Waals surface area contributed by atoms with E-state index >= 15 is 0 Å². The molecular weight excluding hydrogens is 260 g/mol. The van der Waals surface area contributed by atoms with Crippen molar-refractivity contribution in [1.82, 2.24) is 5.32 Å². The Labute approximate surface area is 126 Å². The molecule has 108 valence electrons. The smallest absolute Gasteiger partial charge is 0.123 e. The third-order valence-corrected chi connectivity index (χ3v) is 3.31. The highest BCUT2D eigenvalue weighted by molar-refractivity contribution is 5.67. The molecule has 3 nitrogen and oxygen atoms in total. The van der Waals surface area contributed by atoms with Gasteiger partial charge >= 0.3 is 0 Å². The van der Waals surface area contributed by atoms with Crippen molar-refractivity contribution in [3.63, 3.8) is 0 Å². The van der Waals surface area contributed by atoms with E-state index in [2.05, 4.69) is 31.3 Å². The lowest BCUT2D eigenvalue weighted by Crippen LogP contribution is -2.22. The maximum Gasteiger partial charge on any atom is 0.123 e. The Morgan fingerprint density at radius 2 is 1.90 bits per heavy atom. The molecule has 2 rings (SSSR count). The first-order chi connectivity index (χ1) is 10.1. The maximum atomic E-state index is 9.01. The lowest BCUT2D eigenvalue weighted by atomic mass is 10.0. The SMILES string of the molecule is COc1ccc(-c2cccc(C#N)c2)cc1CNC(C)C. The van der Waals surface area contributed by atoms with Gasteiger partial charge in [-0.15, -0.1) is 0 Å². The van der Waals surface area contributed by atoms with Gasteiger partial charge in [0, 0.05) is 18.2 Å². The number of benzene rings is 2. The van der Waals surface area contributed by atoms with Crippen LogP contribution in [0.1, 0.15) is 25.0 Å². The van der Waals surface area contributed by atoms with E-state index in [1.165, 1.54) is 0 Å². The Hall–Kier alpha value is -2.31. The van der Waals surface area contributed by atoms with E-state index in [1.54, 1.807) is 7.11 Å². The third kappa shape index (κ3) is 3.84. The van der Waals surface area contributed by atoms with Crippen LogP contribution in [0.2, 0.25) is 0 Å². The molecule has 0 bridgehead atoms. The number of nitriles is 1. The fourth-order valence-electron chi connectivity index (χ4n) is 2.18.